The van der Waals surface area contributed by atoms with E-state index in [0.717, 1.165) is 5.56 Å². The molecule has 1 aromatic carbocycles. The van der Waals surface area contributed by atoms with Crippen LogP contribution in [0.3, 0.4) is 0 Å². The van der Waals surface area contributed by atoms with Crippen molar-refractivity contribution in [3.05, 3.63) is 35.0 Å². The molecule has 2 nitrogen and oxygen atoms in total. The second kappa shape index (κ2) is 4.07. The van der Waals surface area contributed by atoms with Gasteiger partial charge < -0.3 is 10.3 Å². The number of rotatable bonds is 2. The number of fused-ring (bicyclic) bond motifs is 1. The number of H-pyrrole nitrogens is 1. The van der Waals surface area contributed by atoms with Gasteiger partial charge in [-0.05, 0) is 19.5 Å². The Kier molecular flexibility index (Phi) is 2.87. The number of para-hydroxylation sites is 1. The average molecular weight is 242 g/mol. The Hall–Kier alpha value is -1.49. The molecule has 17 heavy (non-hydrogen) atoms. The number of hydrogen-bond donors (Lipinski definition) is 2. The van der Waals surface area contributed by atoms with Crippen LogP contribution in [-0.4, -0.2) is 12.0 Å². The Morgan fingerprint density at radius 1 is 1.29 bits per heavy atom. The van der Waals surface area contributed by atoms with Crippen molar-refractivity contribution >= 4 is 10.9 Å². The summed E-state index contributed by atoms with van der Waals surface area (Å²) in [5, 5.41) is 3.41. The molecule has 0 fully saturated rings. The molecular formula is C12H13F3N2. The van der Waals surface area contributed by atoms with Crippen molar-refractivity contribution in [2.45, 2.75) is 19.6 Å². The first-order valence-electron chi connectivity index (χ1n) is 5.27. The van der Waals surface area contributed by atoms with Gasteiger partial charge in [0.05, 0.1) is 0 Å². The highest BCUT2D eigenvalue weighted by Gasteiger charge is 2.36. The Balaban J connectivity index is 2.75. The normalized spacial score (nSPS) is 12.3. The summed E-state index contributed by atoms with van der Waals surface area (Å²) in [5.41, 5.74) is 0.996. The van der Waals surface area contributed by atoms with E-state index >= 15 is 0 Å². The third-order valence-corrected chi connectivity index (χ3v) is 2.79. The van der Waals surface area contributed by atoms with Crippen LogP contribution in [0.25, 0.3) is 10.9 Å². The molecule has 0 unspecified atom stereocenters. The molecule has 0 bridgehead atoms. The number of aryl methyl sites for hydroxylation is 1. The van der Waals surface area contributed by atoms with E-state index in [9.17, 15) is 13.2 Å². The number of alkyl halides is 3. The number of aromatic nitrogens is 1. The van der Waals surface area contributed by atoms with Crippen molar-refractivity contribution in [3.63, 3.8) is 0 Å². The van der Waals surface area contributed by atoms with Crippen molar-refractivity contribution in [3.8, 4) is 0 Å². The zero-order valence-electron chi connectivity index (χ0n) is 9.57. The van der Waals surface area contributed by atoms with Crippen molar-refractivity contribution in [2.24, 2.45) is 0 Å². The number of benzene rings is 1. The van der Waals surface area contributed by atoms with E-state index in [1.54, 1.807) is 32.2 Å². The fourth-order valence-corrected chi connectivity index (χ4v) is 2.02. The SMILES string of the molecule is CNCc1c(C(F)(F)F)[nH]c2c(C)cccc12. The van der Waals surface area contributed by atoms with Gasteiger partial charge in [-0.2, -0.15) is 13.2 Å². The summed E-state index contributed by atoms with van der Waals surface area (Å²) in [6.45, 7) is 1.99. The standard InChI is InChI=1S/C12H13F3N2/c1-7-4-3-5-8-9(6-16-2)11(12(13,14)15)17-10(7)8/h3-5,16-17H,6H2,1-2H3. The van der Waals surface area contributed by atoms with Crippen LogP contribution in [0.4, 0.5) is 13.2 Å². The zero-order chi connectivity index (χ0) is 12.6. The summed E-state index contributed by atoms with van der Waals surface area (Å²) in [4.78, 5) is 2.49. The first kappa shape index (κ1) is 12.0. The van der Waals surface area contributed by atoms with Gasteiger partial charge in [0.25, 0.3) is 0 Å². The molecule has 0 spiro atoms. The third kappa shape index (κ3) is 2.02. The van der Waals surface area contributed by atoms with Crippen LogP contribution in [0.2, 0.25) is 0 Å². The van der Waals surface area contributed by atoms with E-state index < -0.39 is 11.9 Å². The zero-order valence-corrected chi connectivity index (χ0v) is 9.57. The Morgan fingerprint density at radius 2 is 2.00 bits per heavy atom. The number of hydrogen-bond acceptors (Lipinski definition) is 1. The molecule has 2 aromatic rings. The van der Waals surface area contributed by atoms with E-state index in [4.69, 9.17) is 0 Å². The predicted octanol–water partition coefficient (Wildman–Crippen LogP) is 3.21. The Bertz CT molecular complexity index is 540. The summed E-state index contributed by atoms with van der Waals surface area (Å²) in [7, 11) is 1.63. The number of nitrogens with one attached hydrogen (secondary N) is 2. The summed E-state index contributed by atoms with van der Waals surface area (Å²) in [5.74, 6) is 0. The average Bonchev–Trinajstić information content (AvgIpc) is 2.59. The second-order valence-corrected chi connectivity index (χ2v) is 4.00. The van der Waals surface area contributed by atoms with Crippen LogP contribution in [0.1, 0.15) is 16.8 Å². The number of aromatic amines is 1. The minimum atomic E-state index is -4.35. The lowest BCUT2D eigenvalue weighted by molar-refractivity contribution is -0.141. The molecule has 0 saturated heterocycles. The Morgan fingerprint density at radius 3 is 2.59 bits per heavy atom. The predicted molar refractivity (Wildman–Crippen MR) is 60.8 cm³/mol. The summed E-state index contributed by atoms with van der Waals surface area (Å²) in [6, 6.07) is 5.27. The van der Waals surface area contributed by atoms with Crippen molar-refractivity contribution in [2.75, 3.05) is 7.05 Å². The van der Waals surface area contributed by atoms with E-state index in [1.807, 2.05) is 0 Å². The molecule has 0 radical (unpaired) electrons. The van der Waals surface area contributed by atoms with Crippen molar-refractivity contribution in [1.82, 2.24) is 10.3 Å². The highest BCUT2D eigenvalue weighted by Crippen LogP contribution is 2.36. The lowest BCUT2D eigenvalue weighted by Crippen LogP contribution is -2.13. The van der Waals surface area contributed by atoms with Gasteiger partial charge >= 0.3 is 6.18 Å². The maximum Gasteiger partial charge on any atom is 0.431 e. The monoisotopic (exact) mass is 242 g/mol. The minimum absolute atomic E-state index is 0.193. The van der Waals surface area contributed by atoms with Gasteiger partial charge in [0.1, 0.15) is 5.69 Å². The first-order valence-corrected chi connectivity index (χ1v) is 5.27. The van der Waals surface area contributed by atoms with Gasteiger partial charge in [-0.25, -0.2) is 0 Å². The first-order chi connectivity index (χ1) is 7.95. The lowest BCUT2D eigenvalue weighted by Gasteiger charge is -2.07. The molecular weight excluding hydrogens is 229 g/mol. The molecule has 0 amide bonds. The van der Waals surface area contributed by atoms with Gasteiger partial charge in [0.2, 0.25) is 0 Å². The largest absolute Gasteiger partial charge is 0.431 e. The number of halogens is 3. The van der Waals surface area contributed by atoms with Crippen molar-refractivity contribution in [1.29, 1.82) is 0 Å². The smallest absolute Gasteiger partial charge is 0.351 e. The maximum absolute atomic E-state index is 12.9. The van der Waals surface area contributed by atoms with Gasteiger partial charge in [-0.3, -0.25) is 0 Å². The van der Waals surface area contributed by atoms with E-state index in [0.29, 0.717) is 10.9 Å². The van der Waals surface area contributed by atoms with Crippen LogP contribution in [0.5, 0.6) is 0 Å². The van der Waals surface area contributed by atoms with E-state index in [2.05, 4.69) is 10.3 Å². The lowest BCUT2D eigenvalue weighted by atomic mass is 10.1. The Labute approximate surface area is 96.8 Å². The summed E-state index contributed by atoms with van der Waals surface area (Å²) in [6.07, 6.45) is -4.35. The molecule has 0 aliphatic heterocycles. The molecule has 2 rings (SSSR count). The topological polar surface area (TPSA) is 27.8 Å². The maximum atomic E-state index is 12.9. The van der Waals surface area contributed by atoms with Gasteiger partial charge in [0.15, 0.2) is 0 Å². The molecule has 0 aliphatic rings. The molecule has 0 aliphatic carbocycles. The summed E-state index contributed by atoms with van der Waals surface area (Å²) >= 11 is 0. The molecule has 1 aromatic heterocycles. The van der Waals surface area contributed by atoms with Crippen LogP contribution < -0.4 is 5.32 Å². The summed E-state index contributed by atoms with van der Waals surface area (Å²) < 4.78 is 38.6. The van der Waals surface area contributed by atoms with Crippen LogP contribution in [-0.2, 0) is 12.7 Å². The van der Waals surface area contributed by atoms with Crippen LogP contribution >= 0.6 is 0 Å². The molecule has 2 N–H and O–H groups in total. The molecule has 0 saturated carbocycles. The van der Waals surface area contributed by atoms with E-state index in [-0.39, 0.29) is 12.1 Å². The third-order valence-electron chi connectivity index (χ3n) is 2.79. The molecule has 0 atom stereocenters. The quantitative estimate of drug-likeness (QED) is 0.831. The van der Waals surface area contributed by atoms with Crippen LogP contribution in [0, 0.1) is 6.92 Å². The fraction of sp³-hybridized carbons (Fsp3) is 0.333. The molecule has 5 heteroatoms. The molecule has 1 heterocycles. The highest BCUT2D eigenvalue weighted by atomic mass is 19.4. The van der Waals surface area contributed by atoms with Gasteiger partial charge in [-0.1, -0.05) is 18.2 Å². The van der Waals surface area contributed by atoms with Crippen molar-refractivity contribution < 1.29 is 13.2 Å². The minimum Gasteiger partial charge on any atom is -0.351 e. The highest BCUT2D eigenvalue weighted by molar-refractivity contribution is 5.87. The van der Waals surface area contributed by atoms with Crippen LogP contribution in [0.15, 0.2) is 18.2 Å². The fourth-order valence-electron chi connectivity index (χ4n) is 2.02. The molecule has 92 valence electrons. The van der Waals surface area contributed by atoms with Gasteiger partial charge in [0, 0.05) is 23.0 Å². The van der Waals surface area contributed by atoms with E-state index in [1.165, 1.54) is 0 Å². The van der Waals surface area contributed by atoms with Gasteiger partial charge in [-0.15, -0.1) is 0 Å². The second-order valence-electron chi connectivity index (χ2n) is 4.00.